The first-order chi connectivity index (χ1) is 9.16. The second-order valence-electron chi connectivity index (χ2n) is 4.07. The van der Waals surface area contributed by atoms with E-state index >= 15 is 0 Å². The molecule has 0 amide bonds. The molecular formula is C13H9FN4O. The highest BCUT2D eigenvalue weighted by Crippen LogP contribution is 2.16. The number of aryl methyl sites for hydroxylation is 1. The number of benzene rings is 1. The fraction of sp³-hybridized carbons (Fsp3) is 0.0769. The Labute approximate surface area is 107 Å². The standard InChI is InChI=1S/C13H9FN4O/c1-18-12-10(6-15-7-16-12)17-11(13(18)19)8-3-2-4-9(14)5-8/h2-7H,1H3. The summed E-state index contributed by atoms with van der Waals surface area (Å²) in [6.45, 7) is 0. The molecule has 3 rings (SSSR count). The minimum atomic E-state index is -0.411. The largest absolute Gasteiger partial charge is 0.293 e. The molecule has 0 saturated heterocycles. The van der Waals surface area contributed by atoms with Crippen molar-refractivity contribution in [2.45, 2.75) is 0 Å². The Morgan fingerprint density at radius 2 is 2.16 bits per heavy atom. The fourth-order valence-electron chi connectivity index (χ4n) is 1.90. The molecule has 0 radical (unpaired) electrons. The Morgan fingerprint density at radius 1 is 1.32 bits per heavy atom. The zero-order valence-corrected chi connectivity index (χ0v) is 10.0. The molecular weight excluding hydrogens is 247 g/mol. The van der Waals surface area contributed by atoms with Crippen LogP contribution in [0.15, 0.2) is 41.6 Å². The van der Waals surface area contributed by atoms with E-state index in [0.717, 1.165) is 0 Å². The molecule has 0 bridgehead atoms. The molecule has 0 atom stereocenters. The molecule has 0 saturated carbocycles. The number of hydrogen-bond acceptors (Lipinski definition) is 4. The van der Waals surface area contributed by atoms with Gasteiger partial charge in [-0.25, -0.2) is 19.3 Å². The summed E-state index contributed by atoms with van der Waals surface area (Å²) in [5.41, 5.74) is 1.23. The molecule has 2 aromatic heterocycles. The van der Waals surface area contributed by atoms with Gasteiger partial charge < -0.3 is 0 Å². The van der Waals surface area contributed by atoms with Crippen LogP contribution in [0.5, 0.6) is 0 Å². The molecule has 0 fully saturated rings. The predicted molar refractivity (Wildman–Crippen MR) is 68.0 cm³/mol. The number of fused-ring (bicyclic) bond motifs is 1. The van der Waals surface area contributed by atoms with Gasteiger partial charge in [0, 0.05) is 12.6 Å². The number of aromatic nitrogens is 4. The molecule has 2 heterocycles. The number of halogens is 1. The van der Waals surface area contributed by atoms with Crippen molar-refractivity contribution in [2.24, 2.45) is 7.05 Å². The molecule has 0 unspecified atom stereocenters. The maximum atomic E-state index is 13.2. The normalized spacial score (nSPS) is 10.8. The van der Waals surface area contributed by atoms with Crippen LogP contribution < -0.4 is 5.56 Å². The van der Waals surface area contributed by atoms with Crippen LogP contribution in [0.4, 0.5) is 4.39 Å². The Morgan fingerprint density at radius 3 is 2.95 bits per heavy atom. The van der Waals surface area contributed by atoms with E-state index in [2.05, 4.69) is 15.0 Å². The van der Waals surface area contributed by atoms with Gasteiger partial charge in [0.15, 0.2) is 5.65 Å². The van der Waals surface area contributed by atoms with E-state index in [1.807, 2.05) is 0 Å². The minimum absolute atomic E-state index is 0.185. The third kappa shape index (κ3) is 1.87. The molecule has 1 aromatic carbocycles. The van der Waals surface area contributed by atoms with E-state index in [4.69, 9.17) is 0 Å². The van der Waals surface area contributed by atoms with E-state index in [1.54, 1.807) is 13.1 Å². The third-order valence-electron chi connectivity index (χ3n) is 2.83. The van der Waals surface area contributed by atoms with Crippen molar-refractivity contribution in [3.63, 3.8) is 0 Å². The zero-order chi connectivity index (χ0) is 13.4. The molecule has 0 aliphatic heterocycles. The predicted octanol–water partition coefficient (Wildman–Crippen LogP) is 1.53. The van der Waals surface area contributed by atoms with Crippen molar-refractivity contribution in [3.8, 4) is 11.3 Å². The van der Waals surface area contributed by atoms with Crippen molar-refractivity contribution >= 4 is 11.2 Å². The van der Waals surface area contributed by atoms with E-state index in [9.17, 15) is 9.18 Å². The monoisotopic (exact) mass is 256 g/mol. The summed E-state index contributed by atoms with van der Waals surface area (Å²) in [5, 5.41) is 0. The molecule has 0 aliphatic rings. The first-order valence-electron chi connectivity index (χ1n) is 5.59. The lowest BCUT2D eigenvalue weighted by molar-refractivity contribution is 0.628. The Bertz CT molecular complexity index is 828. The summed E-state index contributed by atoms with van der Waals surface area (Å²) in [7, 11) is 1.60. The van der Waals surface area contributed by atoms with Crippen LogP contribution in [0, 0.1) is 5.82 Å². The van der Waals surface area contributed by atoms with Crippen LogP contribution in [0.2, 0.25) is 0 Å². The molecule has 3 aromatic rings. The van der Waals surface area contributed by atoms with Gasteiger partial charge in [0.2, 0.25) is 0 Å². The van der Waals surface area contributed by atoms with Crippen molar-refractivity contribution in [3.05, 3.63) is 53.0 Å². The molecule has 19 heavy (non-hydrogen) atoms. The van der Waals surface area contributed by atoms with Gasteiger partial charge in [0.25, 0.3) is 5.56 Å². The zero-order valence-electron chi connectivity index (χ0n) is 10.0. The summed E-state index contributed by atoms with van der Waals surface area (Å²) < 4.78 is 14.6. The minimum Gasteiger partial charge on any atom is -0.293 e. The summed E-state index contributed by atoms with van der Waals surface area (Å²) in [5.74, 6) is -0.411. The van der Waals surface area contributed by atoms with E-state index in [-0.39, 0.29) is 11.3 Å². The van der Waals surface area contributed by atoms with Gasteiger partial charge in [-0.05, 0) is 12.1 Å². The van der Waals surface area contributed by atoms with Crippen LogP contribution in [0.3, 0.4) is 0 Å². The summed E-state index contributed by atoms with van der Waals surface area (Å²) >= 11 is 0. The van der Waals surface area contributed by atoms with Gasteiger partial charge in [-0.1, -0.05) is 12.1 Å². The lowest BCUT2D eigenvalue weighted by Gasteiger charge is -2.06. The molecule has 94 valence electrons. The van der Waals surface area contributed by atoms with Crippen LogP contribution in [0.1, 0.15) is 0 Å². The quantitative estimate of drug-likeness (QED) is 0.662. The SMILES string of the molecule is Cn1c(=O)c(-c2cccc(F)c2)nc2cncnc21. The van der Waals surface area contributed by atoms with Gasteiger partial charge in [0.1, 0.15) is 23.4 Å². The lowest BCUT2D eigenvalue weighted by Crippen LogP contribution is -2.21. The van der Waals surface area contributed by atoms with E-state index in [0.29, 0.717) is 16.7 Å². The van der Waals surface area contributed by atoms with Crippen molar-refractivity contribution in [1.29, 1.82) is 0 Å². The van der Waals surface area contributed by atoms with Gasteiger partial charge >= 0.3 is 0 Å². The Kier molecular flexibility index (Phi) is 2.56. The topological polar surface area (TPSA) is 60.7 Å². The van der Waals surface area contributed by atoms with Gasteiger partial charge in [-0.2, -0.15) is 0 Å². The summed E-state index contributed by atoms with van der Waals surface area (Å²) in [6.07, 6.45) is 2.87. The highest BCUT2D eigenvalue weighted by atomic mass is 19.1. The second kappa shape index (κ2) is 4.24. The molecule has 0 N–H and O–H groups in total. The van der Waals surface area contributed by atoms with E-state index < -0.39 is 5.82 Å². The number of hydrogen-bond donors (Lipinski definition) is 0. The van der Waals surface area contributed by atoms with Crippen LogP contribution in [0.25, 0.3) is 22.4 Å². The van der Waals surface area contributed by atoms with Crippen molar-refractivity contribution < 1.29 is 4.39 Å². The van der Waals surface area contributed by atoms with Crippen molar-refractivity contribution in [2.75, 3.05) is 0 Å². The second-order valence-corrected chi connectivity index (χ2v) is 4.07. The molecule has 5 nitrogen and oxygen atoms in total. The summed E-state index contributed by atoms with van der Waals surface area (Å²) in [4.78, 5) is 24.3. The number of rotatable bonds is 1. The van der Waals surface area contributed by atoms with Crippen molar-refractivity contribution in [1.82, 2.24) is 19.5 Å². The smallest absolute Gasteiger partial charge is 0.278 e. The average molecular weight is 256 g/mol. The van der Waals surface area contributed by atoms with Gasteiger partial charge in [-0.3, -0.25) is 9.36 Å². The molecule has 0 spiro atoms. The molecule has 6 heteroatoms. The molecule has 0 aliphatic carbocycles. The highest BCUT2D eigenvalue weighted by Gasteiger charge is 2.11. The Balaban J connectivity index is 2.36. The first-order valence-corrected chi connectivity index (χ1v) is 5.59. The van der Waals surface area contributed by atoms with Crippen LogP contribution >= 0.6 is 0 Å². The highest BCUT2D eigenvalue weighted by molar-refractivity contribution is 5.73. The van der Waals surface area contributed by atoms with Crippen LogP contribution in [-0.4, -0.2) is 19.5 Å². The maximum Gasteiger partial charge on any atom is 0.278 e. The fourth-order valence-corrected chi connectivity index (χ4v) is 1.90. The van der Waals surface area contributed by atoms with Crippen LogP contribution in [-0.2, 0) is 7.05 Å². The van der Waals surface area contributed by atoms with Gasteiger partial charge in [0.05, 0.1) is 6.20 Å². The average Bonchev–Trinajstić information content (AvgIpc) is 2.43. The number of nitrogens with zero attached hydrogens (tertiary/aromatic N) is 4. The lowest BCUT2D eigenvalue weighted by atomic mass is 10.1. The third-order valence-corrected chi connectivity index (χ3v) is 2.83. The maximum absolute atomic E-state index is 13.2. The van der Waals surface area contributed by atoms with E-state index in [1.165, 1.54) is 35.3 Å². The Hall–Kier alpha value is -2.63. The van der Waals surface area contributed by atoms with Gasteiger partial charge in [-0.15, -0.1) is 0 Å². The first kappa shape index (κ1) is 11.5. The summed E-state index contributed by atoms with van der Waals surface area (Å²) in [6, 6.07) is 5.78.